The summed E-state index contributed by atoms with van der Waals surface area (Å²) in [4.78, 5) is 3.62. The van der Waals surface area contributed by atoms with E-state index >= 15 is 0 Å². The molecule has 0 bridgehead atoms. The molecule has 108 valence electrons. The Labute approximate surface area is 123 Å². The highest BCUT2D eigenvalue weighted by atomic mass is 79.9. The van der Waals surface area contributed by atoms with Crippen LogP contribution < -0.4 is 4.72 Å². The predicted octanol–water partition coefficient (Wildman–Crippen LogP) is 2.46. The van der Waals surface area contributed by atoms with Gasteiger partial charge >= 0.3 is 0 Å². The molecule has 7 heteroatoms. The average Bonchev–Trinajstić information content (AvgIpc) is 2.30. The highest BCUT2D eigenvalue weighted by molar-refractivity contribution is 9.10. The molecule has 0 aromatic carbocycles. The van der Waals surface area contributed by atoms with Gasteiger partial charge in [0.15, 0.2) is 0 Å². The maximum Gasteiger partial charge on any atom is 0.217 e. The fourth-order valence-corrected chi connectivity index (χ4v) is 2.60. The summed E-state index contributed by atoms with van der Waals surface area (Å²) in [6.45, 7) is 5.33. The van der Waals surface area contributed by atoms with E-state index in [4.69, 9.17) is 5.11 Å². The predicted molar refractivity (Wildman–Crippen MR) is 77.4 cm³/mol. The summed E-state index contributed by atoms with van der Waals surface area (Å²) < 4.78 is 28.8. The van der Waals surface area contributed by atoms with Crippen molar-refractivity contribution in [3.8, 4) is 0 Å². The quantitative estimate of drug-likeness (QED) is 0.800. The van der Waals surface area contributed by atoms with Gasteiger partial charge in [-0.3, -0.25) is 0 Å². The molecule has 1 rings (SSSR count). The standard InChI is InChI=1S/C12H18BrFN2O2S/c1-12(2,3)19(18)16-10(4-5-17)9-6-8(13)7-15-11(9)14/h6-7,10,16-17H,4-5H2,1-3H3/t10-,19-/m0/s1. The minimum absolute atomic E-state index is 0.134. The number of aromatic nitrogens is 1. The summed E-state index contributed by atoms with van der Waals surface area (Å²) >= 11 is 3.23. The molecule has 0 aliphatic carbocycles. The lowest BCUT2D eigenvalue weighted by molar-refractivity contribution is 0.271. The second kappa shape index (κ2) is 6.88. The van der Waals surface area contributed by atoms with Crippen molar-refractivity contribution in [3.05, 3.63) is 28.2 Å². The van der Waals surface area contributed by atoms with Crippen molar-refractivity contribution < 1.29 is 13.7 Å². The molecule has 0 saturated heterocycles. The van der Waals surface area contributed by atoms with E-state index in [1.807, 2.05) is 20.8 Å². The van der Waals surface area contributed by atoms with Crippen molar-refractivity contribution in [1.29, 1.82) is 0 Å². The largest absolute Gasteiger partial charge is 0.396 e. The molecule has 0 aliphatic heterocycles. The normalized spacial score (nSPS) is 15.3. The molecular formula is C12H18BrFN2O2S. The van der Waals surface area contributed by atoms with Gasteiger partial charge in [-0.2, -0.15) is 4.39 Å². The summed E-state index contributed by atoms with van der Waals surface area (Å²) in [5.41, 5.74) is 0.293. The Morgan fingerprint density at radius 1 is 1.58 bits per heavy atom. The van der Waals surface area contributed by atoms with Crippen LogP contribution in [0.5, 0.6) is 0 Å². The number of nitrogens with zero attached hydrogens (tertiary/aromatic N) is 1. The van der Waals surface area contributed by atoms with Gasteiger partial charge in [0.05, 0.1) is 21.8 Å². The van der Waals surface area contributed by atoms with Gasteiger partial charge in [-0.25, -0.2) is 13.9 Å². The van der Waals surface area contributed by atoms with Crippen molar-refractivity contribution in [2.24, 2.45) is 0 Å². The first-order chi connectivity index (χ1) is 8.75. The van der Waals surface area contributed by atoms with Gasteiger partial charge < -0.3 is 5.11 Å². The van der Waals surface area contributed by atoms with E-state index in [0.717, 1.165) is 0 Å². The molecule has 0 amide bonds. The first-order valence-electron chi connectivity index (χ1n) is 5.85. The van der Waals surface area contributed by atoms with Gasteiger partial charge in [-0.15, -0.1) is 0 Å². The van der Waals surface area contributed by atoms with Gasteiger partial charge in [0.25, 0.3) is 0 Å². The molecule has 1 aromatic rings. The molecule has 1 aromatic heterocycles. The van der Waals surface area contributed by atoms with Gasteiger partial charge in [-0.05, 0) is 49.2 Å². The molecule has 4 nitrogen and oxygen atoms in total. The van der Waals surface area contributed by atoms with E-state index in [9.17, 15) is 8.60 Å². The van der Waals surface area contributed by atoms with Crippen LogP contribution in [0.15, 0.2) is 16.7 Å². The van der Waals surface area contributed by atoms with Crippen LogP contribution in [0.1, 0.15) is 38.8 Å². The van der Waals surface area contributed by atoms with Crippen LogP contribution in [0.3, 0.4) is 0 Å². The van der Waals surface area contributed by atoms with E-state index in [-0.39, 0.29) is 13.0 Å². The van der Waals surface area contributed by atoms with E-state index in [1.165, 1.54) is 6.20 Å². The number of pyridine rings is 1. The first-order valence-corrected chi connectivity index (χ1v) is 7.80. The average molecular weight is 353 g/mol. The second-order valence-corrected chi connectivity index (χ2v) is 8.01. The smallest absolute Gasteiger partial charge is 0.217 e. The lowest BCUT2D eigenvalue weighted by atomic mass is 10.1. The van der Waals surface area contributed by atoms with Crippen molar-refractivity contribution in [2.45, 2.75) is 38.0 Å². The minimum Gasteiger partial charge on any atom is -0.396 e. The Hall–Kier alpha value is -0.370. The third-order valence-corrected chi connectivity index (χ3v) is 4.48. The van der Waals surface area contributed by atoms with Crippen LogP contribution >= 0.6 is 15.9 Å². The molecule has 0 aliphatic rings. The van der Waals surface area contributed by atoms with Crippen LogP contribution in [0, 0.1) is 5.95 Å². The zero-order valence-electron chi connectivity index (χ0n) is 11.1. The van der Waals surface area contributed by atoms with Crippen LogP contribution in [0.25, 0.3) is 0 Å². The van der Waals surface area contributed by atoms with Gasteiger partial charge in [-0.1, -0.05) is 0 Å². The van der Waals surface area contributed by atoms with Crippen molar-refractivity contribution in [3.63, 3.8) is 0 Å². The Morgan fingerprint density at radius 2 is 2.21 bits per heavy atom. The highest BCUT2D eigenvalue weighted by Gasteiger charge is 2.25. The topological polar surface area (TPSA) is 62.2 Å². The zero-order valence-corrected chi connectivity index (χ0v) is 13.5. The third kappa shape index (κ3) is 4.91. The Bertz CT molecular complexity index is 466. The van der Waals surface area contributed by atoms with Gasteiger partial charge in [0.1, 0.15) is 0 Å². The van der Waals surface area contributed by atoms with E-state index < -0.39 is 27.7 Å². The van der Waals surface area contributed by atoms with Crippen LogP contribution in [-0.4, -0.2) is 25.7 Å². The molecule has 2 atom stereocenters. The maximum atomic E-state index is 13.7. The van der Waals surface area contributed by atoms with E-state index in [2.05, 4.69) is 25.6 Å². The highest BCUT2D eigenvalue weighted by Crippen LogP contribution is 2.24. The number of hydrogen-bond donors (Lipinski definition) is 2. The molecule has 0 saturated carbocycles. The number of rotatable bonds is 5. The molecular weight excluding hydrogens is 335 g/mol. The second-order valence-electron chi connectivity index (χ2n) is 5.10. The molecule has 0 radical (unpaired) electrons. The molecule has 2 N–H and O–H groups in total. The summed E-state index contributed by atoms with van der Waals surface area (Å²) in [6.07, 6.45) is 1.62. The Balaban J connectivity index is 3.00. The molecule has 0 unspecified atom stereocenters. The van der Waals surface area contributed by atoms with Crippen molar-refractivity contribution >= 4 is 26.9 Å². The van der Waals surface area contributed by atoms with Crippen molar-refractivity contribution in [1.82, 2.24) is 9.71 Å². The molecule has 0 spiro atoms. The summed E-state index contributed by atoms with van der Waals surface area (Å²) in [5.74, 6) is -0.625. The van der Waals surface area contributed by atoms with Gasteiger partial charge in [0.2, 0.25) is 5.95 Å². The van der Waals surface area contributed by atoms with E-state index in [0.29, 0.717) is 10.0 Å². The lowest BCUT2D eigenvalue weighted by Crippen LogP contribution is -2.36. The number of hydrogen-bond acceptors (Lipinski definition) is 3. The fourth-order valence-electron chi connectivity index (χ4n) is 1.40. The molecule has 0 fully saturated rings. The summed E-state index contributed by atoms with van der Waals surface area (Å²) in [6, 6.07) is 1.03. The SMILES string of the molecule is CC(C)(C)[S@](=O)N[C@@H](CCO)c1cc(Br)cnc1F. The fraction of sp³-hybridized carbons (Fsp3) is 0.583. The van der Waals surface area contributed by atoms with Gasteiger partial charge in [0, 0.05) is 22.8 Å². The first kappa shape index (κ1) is 16.7. The Kier molecular flexibility index (Phi) is 6.04. The summed E-state index contributed by atoms with van der Waals surface area (Å²) in [7, 11) is -1.36. The Morgan fingerprint density at radius 3 is 2.74 bits per heavy atom. The number of aliphatic hydroxyl groups excluding tert-OH is 1. The van der Waals surface area contributed by atoms with E-state index in [1.54, 1.807) is 6.07 Å². The number of aliphatic hydroxyl groups is 1. The molecule has 19 heavy (non-hydrogen) atoms. The zero-order chi connectivity index (χ0) is 14.6. The minimum atomic E-state index is -1.36. The monoisotopic (exact) mass is 352 g/mol. The maximum absolute atomic E-state index is 13.7. The van der Waals surface area contributed by atoms with Crippen LogP contribution in [0.4, 0.5) is 4.39 Å². The van der Waals surface area contributed by atoms with Crippen LogP contribution in [-0.2, 0) is 11.0 Å². The summed E-state index contributed by atoms with van der Waals surface area (Å²) in [5, 5.41) is 9.08. The molecule has 1 heterocycles. The lowest BCUT2D eigenvalue weighted by Gasteiger charge is -2.24. The third-order valence-electron chi connectivity index (χ3n) is 2.43. The van der Waals surface area contributed by atoms with Crippen molar-refractivity contribution in [2.75, 3.05) is 6.61 Å². The number of halogens is 2. The van der Waals surface area contributed by atoms with Crippen LogP contribution in [0.2, 0.25) is 0 Å². The number of nitrogens with one attached hydrogen (secondary N) is 1.